The van der Waals surface area contributed by atoms with E-state index in [1.165, 1.54) is 12.1 Å². The van der Waals surface area contributed by atoms with Crippen LogP contribution in [0.5, 0.6) is 5.75 Å². The minimum absolute atomic E-state index is 0.127. The summed E-state index contributed by atoms with van der Waals surface area (Å²) >= 11 is 3.21. The van der Waals surface area contributed by atoms with E-state index in [2.05, 4.69) is 38.1 Å². The molecule has 0 aliphatic carbocycles. The molecule has 1 amide bonds. The molecule has 0 spiro atoms. The third-order valence-electron chi connectivity index (χ3n) is 2.49. The van der Waals surface area contributed by atoms with Gasteiger partial charge in [0.15, 0.2) is 0 Å². The van der Waals surface area contributed by atoms with Crippen LogP contribution in [-0.4, -0.2) is 27.7 Å². The van der Waals surface area contributed by atoms with E-state index in [4.69, 9.17) is 5.11 Å². The second-order valence-electron chi connectivity index (χ2n) is 3.98. The monoisotopic (exact) mass is 346 g/mol. The van der Waals surface area contributed by atoms with E-state index in [1.54, 1.807) is 24.3 Å². The number of rotatable bonds is 2. The number of halogens is 1. The van der Waals surface area contributed by atoms with Gasteiger partial charge in [-0.15, -0.1) is 0 Å². The predicted molar refractivity (Wildman–Crippen MR) is 82.0 cm³/mol. The number of phenolic OH excluding ortho intramolecular Hbond substituents is 1. The Morgan fingerprint density at radius 2 is 2.14 bits per heavy atom. The maximum absolute atomic E-state index is 12.1. The lowest BCUT2D eigenvalue weighted by Gasteiger charge is -2.06. The molecule has 2 rings (SSSR count). The van der Waals surface area contributed by atoms with Crippen LogP contribution >= 0.6 is 15.9 Å². The van der Waals surface area contributed by atoms with Crippen molar-refractivity contribution in [1.29, 1.82) is 0 Å². The smallest absolute Gasteiger partial charge is 0.260 e. The molecule has 5 nitrogen and oxygen atoms in total. The number of pyridine rings is 1. The van der Waals surface area contributed by atoms with Crippen LogP contribution in [-0.2, 0) is 0 Å². The number of hydrogen-bond acceptors (Lipinski definition) is 4. The third kappa shape index (κ3) is 4.05. The number of aliphatic hydroxyl groups is 1. The number of nitrogens with one attached hydrogen (secondary N) is 1. The zero-order valence-corrected chi connectivity index (χ0v) is 12.4. The van der Waals surface area contributed by atoms with Gasteiger partial charge >= 0.3 is 0 Å². The fourth-order valence-electron chi connectivity index (χ4n) is 1.58. The summed E-state index contributed by atoms with van der Waals surface area (Å²) in [5.74, 6) is 4.84. The van der Waals surface area contributed by atoms with Gasteiger partial charge in [-0.05, 0) is 36.3 Å². The number of aromatic hydroxyl groups is 1. The quantitative estimate of drug-likeness (QED) is 0.727. The number of benzene rings is 1. The summed E-state index contributed by atoms with van der Waals surface area (Å²) in [6, 6.07) is 9.56. The number of aromatic nitrogens is 1. The molecule has 1 aromatic heterocycles. The van der Waals surface area contributed by atoms with Crippen LogP contribution in [0, 0.1) is 11.8 Å². The number of amides is 1. The lowest BCUT2D eigenvalue weighted by molar-refractivity contribution is 0.102. The van der Waals surface area contributed by atoms with Crippen LogP contribution in [0.3, 0.4) is 0 Å². The van der Waals surface area contributed by atoms with Gasteiger partial charge in [0.05, 0.1) is 5.56 Å². The molecular formula is C15H11BrN2O3. The Balaban J connectivity index is 2.19. The first kappa shape index (κ1) is 15.0. The highest BCUT2D eigenvalue weighted by Crippen LogP contribution is 2.23. The Morgan fingerprint density at radius 1 is 1.33 bits per heavy atom. The largest absolute Gasteiger partial charge is 0.507 e. The van der Waals surface area contributed by atoms with Crippen molar-refractivity contribution in [3.05, 3.63) is 52.1 Å². The van der Waals surface area contributed by atoms with Gasteiger partial charge in [0.1, 0.15) is 23.9 Å². The molecular weight excluding hydrogens is 336 g/mol. The van der Waals surface area contributed by atoms with Crippen LogP contribution in [0.1, 0.15) is 16.1 Å². The SMILES string of the molecule is O=C(Nc1cccc(C#CCO)n1)c1ccc(Br)cc1O. The molecule has 0 atom stereocenters. The number of phenols is 1. The number of hydrogen-bond donors (Lipinski definition) is 3. The van der Waals surface area contributed by atoms with Crippen LogP contribution in [0.2, 0.25) is 0 Å². The van der Waals surface area contributed by atoms with Gasteiger partial charge < -0.3 is 15.5 Å². The van der Waals surface area contributed by atoms with Gasteiger partial charge in [-0.1, -0.05) is 27.9 Å². The lowest BCUT2D eigenvalue weighted by atomic mass is 10.2. The van der Waals surface area contributed by atoms with Gasteiger partial charge in [-0.25, -0.2) is 4.98 Å². The van der Waals surface area contributed by atoms with E-state index in [-0.39, 0.29) is 17.9 Å². The van der Waals surface area contributed by atoms with Crippen molar-refractivity contribution >= 4 is 27.7 Å². The highest BCUT2D eigenvalue weighted by molar-refractivity contribution is 9.10. The van der Waals surface area contributed by atoms with Crippen molar-refractivity contribution in [1.82, 2.24) is 4.98 Å². The minimum atomic E-state index is -0.472. The second kappa shape index (κ2) is 6.88. The molecule has 1 heterocycles. The van der Waals surface area contributed by atoms with Crippen molar-refractivity contribution in [2.45, 2.75) is 0 Å². The average Bonchev–Trinajstić information content (AvgIpc) is 2.45. The molecule has 0 saturated carbocycles. The molecule has 0 aliphatic rings. The highest BCUT2D eigenvalue weighted by Gasteiger charge is 2.12. The van der Waals surface area contributed by atoms with Crippen LogP contribution in [0.15, 0.2) is 40.9 Å². The van der Waals surface area contributed by atoms with Crippen molar-refractivity contribution in [3.8, 4) is 17.6 Å². The molecule has 0 bridgehead atoms. The Labute approximate surface area is 129 Å². The highest BCUT2D eigenvalue weighted by atomic mass is 79.9. The Kier molecular flexibility index (Phi) is 4.93. The van der Waals surface area contributed by atoms with E-state index in [0.717, 1.165) is 0 Å². The first-order chi connectivity index (χ1) is 10.1. The molecule has 0 aliphatic heterocycles. The maximum Gasteiger partial charge on any atom is 0.260 e. The Bertz CT molecular complexity index is 735. The molecule has 1 aromatic carbocycles. The normalized spacial score (nSPS) is 9.62. The second-order valence-corrected chi connectivity index (χ2v) is 4.90. The van der Waals surface area contributed by atoms with Crippen LogP contribution < -0.4 is 5.32 Å². The fourth-order valence-corrected chi connectivity index (χ4v) is 1.93. The van der Waals surface area contributed by atoms with Crippen molar-refractivity contribution in [2.24, 2.45) is 0 Å². The number of nitrogens with zero attached hydrogens (tertiary/aromatic N) is 1. The van der Waals surface area contributed by atoms with E-state index in [0.29, 0.717) is 16.0 Å². The predicted octanol–water partition coefficient (Wildman–Crippen LogP) is 2.15. The Morgan fingerprint density at radius 3 is 2.86 bits per heavy atom. The van der Waals surface area contributed by atoms with Gasteiger partial charge in [0.25, 0.3) is 5.91 Å². The van der Waals surface area contributed by atoms with E-state index < -0.39 is 5.91 Å². The van der Waals surface area contributed by atoms with Gasteiger partial charge in [-0.2, -0.15) is 0 Å². The zero-order valence-electron chi connectivity index (χ0n) is 10.8. The summed E-state index contributed by atoms with van der Waals surface area (Å²) in [5, 5.41) is 21.0. The Hall–Kier alpha value is -2.36. The van der Waals surface area contributed by atoms with Gasteiger partial charge in [0, 0.05) is 4.47 Å². The molecule has 6 heteroatoms. The first-order valence-electron chi connectivity index (χ1n) is 5.97. The molecule has 0 saturated heterocycles. The molecule has 2 aromatic rings. The summed E-state index contributed by atoms with van der Waals surface area (Å²) in [6.07, 6.45) is 0. The van der Waals surface area contributed by atoms with E-state index >= 15 is 0 Å². The van der Waals surface area contributed by atoms with E-state index in [1.807, 2.05) is 0 Å². The first-order valence-corrected chi connectivity index (χ1v) is 6.76. The average molecular weight is 347 g/mol. The van der Waals surface area contributed by atoms with Gasteiger partial charge in [-0.3, -0.25) is 4.79 Å². The van der Waals surface area contributed by atoms with Crippen molar-refractivity contribution in [3.63, 3.8) is 0 Å². The van der Waals surface area contributed by atoms with Crippen LogP contribution in [0.25, 0.3) is 0 Å². The maximum atomic E-state index is 12.1. The molecule has 0 unspecified atom stereocenters. The lowest BCUT2D eigenvalue weighted by Crippen LogP contribution is -2.13. The standard InChI is InChI=1S/C15H11BrN2O3/c16-10-6-7-12(13(20)9-10)15(21)18-14-5-1-3-11(17-14)4-2-8-19/h1,3,5-7,9,19-20H,8H2,(H,17,18,21). The minimum Gasteiger partial charge on any atom is -0.507 e. The third-order valence-corrected chi connectivity index (χ3v) is 2.98. The topological polar surface area (TPSA) is 82.5 Å². The molecule has 0 fully saturated rings. The van der Waals surface area contributed by atoms with Crippen molar-refractivity contribution < 1.29 is 15.0 Å². The fraction of sp³-hybridized carbons (Fsp3) is 0.0667. The summed E-state index contributed by atoms with van der Waals surface area (Å²) in [7, 11) is 0. The number of aliphatic hydroxyl groups excluding tert-OH is 1. The summed E-state index contributed by atoms with van der Waals surface area (Å²) in [5.41, 5.74) is 0.578. The molecule has 21 heavy (non-hydrogen) atoms. The van der Waals surface area contributed by atoms with Crippen LogP contribution in [0.4, 0.5) is 5.82 Å². The van der Waals surface area contributed by atoms with Crippen molar-refractivity contribution in [2.75, 3.05) is 11.9 Å². The van der Waals surface area contributed by atoms with E-state index in [9.17, 15) is 9.90 Å². The number of carbonyl (C=O) groups excluding carboxylic acids is 1. The zero-order chi connectivity index (χ0) is 15.2. The number of carbonyl (C=O) groups is 1. The number of anilines is 1. The summed E-state index contributed by atoms with van der Waals surface area (Å²) < 4.78 is 0.677. The molecule has 3 N–H and O–H groups in total. The summed E-state index contributed by atoms with van der Waals surface area (Å²) in [6.45, 7) is -0.259. The molecule has 0 radical (unpaired) electrons. The van der Waals surface area contributed by atoms with Gasteiger partial charge in [0.2, 0.25) is 0 Å². The summed E-state index contributed by atoms with van der Waals surface area (Å²) in [4.78, 5) is 16.2. The molecule has 106 valence electrons.